The van der Waals surface area contributed by atoms with Crippen molar-refractivity contribution in [2.75, 3.05) is 17.7 Å². The number of nitrogens with two attached hydrogens (primary N) is 1. The van der Waals surface area contributed by atoms with Crippen molar-refractivity contribution >= 4 is 17.2 Å². The van der Waals surface area contributed by atoms with E-state index in [2.05, 4.69) is 11.1 Å². The lowest BCUT2D eigenvalue weighted by Crippen LogP contribution is -2.13. The largest absolute Gasteiger partial charge is 0.396 e. The van der Waals surface area contributed by atoms with E-state index >= 15 is 0 Å². The summed E-state index contributed by atoms with van der Waals surface area (Å²) in [6.07, 6.45) is 1.77. The van der Waals surface area contributed by atoms with Gasteiger partial charge in [0.25, 0.3) is 0 Å². The molecule has 4 nitrogen and oxygen atoms in total. The summed E-state index contributed by atoms with van der Waals surface area (Å²) in [6.45, 7) is 1.95. The smallest absolute Gasteiger partial charge is 0.155 e. The van der Waals surface area contributed by atoms with Gasteiger partial charge >= 0.3 is 0 Å². The van der Waals surface area contributed by atoms with Crippen LogP contribution in [0.4, 0.5) is 17.2 Å². The molecule has 2 rings (SSSR count). The quantitative estimate of drug-likeness (QED) is 0.873. The van der Waals surface area contributed by atoms with E-state index in [-0.39, 0.29) is 0 Å². The Balaban J connectivity index is 2.41. The van der Waals surface area contributed by atoms with E-state index in [0.717, 1.165) is 11.3 Å². The molecule has 1 aromatic heterocycles. The molecule has 4 heteroatoms. The van der Waals surface area contributed by atoms with Crippen molar-refractivity contribution in [1.82, 2.24) is 4.98 Å². The van der Waals surface area contributed by atoms with Gasteiger partial charge in [-0.3, -0.25) is 0 Å². The first-order valence-corrected chi connectivity index (χ1v) is 5.58. The van der Waals surface area contributed by atoms with Crippen LogP contribution in [-0.4, -0.2) is 12.0 Å². The first-order valence-electron chi connectivity index (χ1n) is 5.58. The van der Waals surface area contributed by atoms with Gasteiger partial charge in [-0.05, 0) is 36.8 Å². The van der Waals surface area contributed by atoms with Gasteiger partial charge in [-0.25, -0.2) is 4.98 Å². The van der Waals surface area contributed by atoms with Crippen LogP contribution in [0.15, 0.2) is 36.5 Å². The number of nitrogen functional groups attached to an aromatic ring is 1. The van der Waals surface area contributed by atoms with E-state index in [0.29, 0.717) is 17.1 Å². The molecule has 0 amide bonds. The fourth-order valence-corrected chi connectivity index (χ4v) is 1.77. The van der Waals surface area contributed by atoms with Gasteiger partial charge < -0.3 is 10.6 Å². The Labute approximate surface area is 106 Å². The molecule has 1 heterocycles. The van der Waals surface area contributed by atoms with Crippen molar-refractivity contribution in [3.05, 3.63) is 47.7 Å². The van der Waals surface area contributed by atoms with Gasteiger partial charge in [-0.2, -0.15) is 5.26 Å². The van der Waals surface area contributed by atoms with E-state index in [1.807, 2.05) is 37.1 Å². The summed E-state index contributed by atoms with van der Waals surface area (Å²) in [6, 6.07) is 11.3. The molecular weight excluding hydrogens is 224 g/mol. The third-order valence-electron chi connectivity index (χ3n) is 2.71. The molecule has 0 radical (unpaired) electrons. The standard InChI is InChI=1S/C14H14N4/c1-10-6-13(16)14(17-9-10)18(2)12-5-3-4-11(7-12)8-15/h3-7,9H,16H2,1-2H3. The van der Waals surface area contributed by atoms with Crippen LogP contribution in [0.5, 0.6) is 0 Å². The van der Waals surface area contributed by atoms with Crippen LogP contribution in [0.3, 0.4) is 0 Å². The summed E-state index contributed by atoms with van der Waals surface area (Å²) in [7, 11) is 1.88. The number of rotatable bonds is 2. The predicted octanol–water partition coefficient (Wildman–Crippen LogP) is 2.61. The van der Waals surface area contributed by atoms with Crippen molar-refractivity contribution in [2.24, 2.45) is 0 Å². The van der Waals surface area contributed by atoms with E-state index < -0.39 is 0 Å². The van der Waals surface area contributed by atoms with Gasteiger partial charge in [-0.1, -0.05) is 6.07 Å². The molecule has 0 spiro atoms. The van der Waals surface area contributed by atoms with Crippen LogP contribution >= 0.6 is 0 Å². The second-order valence-electron chi connectivity index (χ2n) is 4.15. The van der Waals surface area contributed by atoms with E-state index in [9.17, 15) is 0 Å². The molecule has 90 valence electrons. The van der Waals surface area contributed by atoms with E-state index in [1.54, 1.807) is 18.3 Å². The lowest BCUT2D eigenvalue weighted by Gasteiger charge is -2.20. The topological polar surface area (TPSA) is 65.9 Å². The Bertz CT molecular complexity index is 613. The summed E-state index contributed by atoms with van der Waals surface area (Å²) >= 11 is 0. The van der Waals surface area contributed by atoms with Crippen LogP contribution in [0.1, 0.15) is 11.1 Å². The minimum absolute atomic E-state index is 0.616. The predicted molar refractivity (Wildman–Crippen MR) is 72.6 cm³/mol. The third-order valence-corrected chi connectivity index (χ3v) is 2.71. The summed E-state index contributed by atoms with van der Waals surface area (Å²) < 4.78 is 0. The zero-order valence-electron chi connectivity index (χ0n) is 10.4. The number of hydrogen-bond donors (Lipinski definition) is 1. The lowest BCUT2D eigenvalue weighted by atomic mass is 10.2. The van der Waals surface area contributed by atoms with Crippen LogP contribution in [0.25, 0.3) is 0 Å². The minimum Gasteiger partial charge on any atom is -0.396 e. The number of benzene rings is 1. The number of aromatic nitrogens is 1. The summed E-state index contributed by atoms with van der Waals surface area (Å²) in [5.74, 6) is 0.690. The average molecular weight is 238 g/mol. The van der Waals surface area contributed by atoms with Crippen molar-refractivity contribution in [3.8, 4) is 6.07 Å². The lowest BCUT2D eigenvalue weighted by molar-refractivity contribution is 1.12. The average Bonchev–Trinajstić information content (AvgIpc) is 2.38. The Morgan fingerprint density at radius 2 is 2.11 bits per heavy atom. The number of nitrogens with zero attached hydrogens (tertiary/aromatic N) is 3. The zero-order valence-corrected chi connectivity index (χ0v) is 10.4. The highest BCUT2D eigenvalue weighted by atomic mass is 15.2. The zero-order chi connectivity index (χ0) is 13.1. The Morgan fingerprint density at radius 3 is 2.78 bits per heavy atom. The first-order chi connectivity index (χ1) is 8.61. The van der Waals surface area contributed by atoms with Crippen LogP contribution in [-0.2, 0) is 0 Å². The van der Waals surface area contributed by atoms with Gasteiger partial charge in [0.15, 0.2) is 5.82 Å². The maximum Gasteiger partial charge on any atom is 0.155 e. The maximum atomic E-state index is 8.90. The second-order valence-corrected chi connectivity index (χ2v) is 4.15. The van der Waals surface area contributed by atoms with Gasteiger partial charge in [0.05, 0.1) is 17.3 Å². The van der Waals surface area contributed by atoms with Gasteiger partial charge in [-0.15, -0.1) is 0 Å². The number of pyridine rings is 1. The molecule has 0 saturated heterocycles. The number of hydrogen-bond acceptors (Lipinski definition) is 4. The Kier molecular flexibility index (Phi) is 3.16. The van der Waals surface area contributed by atoms with Gasteiger partial charge in [0.1, 0.15) is 0 Å². The summed E-state index contributed by atoms with van der Waals surface area (Å²) in [4.78, 5) is 6.20. The molecule has 0 bridgehead atoms. The van der Waals surface area contributed by atoms with Gasteiger partial charge in [0.2, 0.25) is 0 Å². The summed E-state index contributed by atoms with van der Waals surface area (Å²) in [5, 5.41) is 8.90. The molecule has 0 fully saturated rings. The molecule has 2 aromatic rings. The molecule has 0 atom stereocenters. The molecule has 1 aromatic carbocycles. The van der Waals surface area contributed by atoms with Gasteiger partial charge in [0, 0.05) is 18.9 Å². The molecule has 0 saturated carbocycles. The molecule has 0 aliphatic heterocycles. The van der Waals surface area contributed by atoms with E-state index in [4.69, 9.17) is 11.0 Å². The highest BCUT2D eigenvalue weighted by Gasteiger charge is 2.09. The first kappa shape index (κ1) is 11.9. The highest BCUT2D eigenvalue weighted by molar-refractivity contribution is 5.71. The monoisotopic (exact) mass is 238 g/mol. The van der Waals surface area contributed by atoms with Crippen LogP contribution in [0, 0.1) is 18.3 Å². The normalized spacial score (nSPS) is 9.83. The molecule has 0 aliphatic rings. The minimum atomic E-state index is 0.616. The molecule has 0 unspecified atom stereocenters. The van der Waals surface area contributed by atoms with Crippen LogP contribution < -0.4 is 10.6 Å². The third kappa shape index (κ3) is 2.25. The van der Waals surface area contributed by atoms with Crippen LogP contribution in [0.2, 0.25) is 0 Å². The molecule has 18 heavy (non-hydrogen) atoms. The molecule has 2 N–H and O–H groups in total. The highest BCUT2D eigenvalue weighted by Crippen LogP contribution is 2.27. The number of anilines is 3. The fraction of sp³-hybridized carbons (Fsp3) is 0.143. The van der Waals surface area contributed by atoms with E-state index in [1.165, 1.54) is 0 Å². The summed E-state index contributed by atoms with van der Waals surface area (Å²) in [5.41, 5.74) is 9.11. The van der Waals surface area contributed by atoms with Crippen molar-refractivity contribution < 1.29 is 0 Å². The maximum absolute atomic E-state index is 8.90. The number of aryl methyl sites for hydroxylation is 1. The fourth-order valence-electron chi connectivity index (χ4n) is 1.77. The van der Waals surface area contributed by atoms with Crippen molar-refractivity contribution in [2.45, 2.75) is 6.92 Å². The molecule has 0 aliphatic carbocycles. The Hall–Kier alpha value is -2.54. The van der Waals surface area contributed by atoms with Crippen molar-refractivity contribution in [3.63, 3.8) is 0 Å². The number of nitriles is 1. The second kappa shape index (κ2) is 4.76. The SMILES string of the molecule is Cc1cnc(N(C)c2cccc(C#N)c2)c(N)c1. The Morgan fingerprint density at radius 1 is 1.33 bits per heavy atom. The molecular formula is C14H14N4. The van der Waals surface area contributed by atoms with Crippen molar-refractivity contribution in [1.29, 1.82) is 5.26 Å².